The first-order valence-electron chi connectivity index (χ1n) is 11.2. The van der Waals surface area contributed by atoms with E-state index in [0.717, 1.165) is 47.3 Å². The highest BCUT2D eigenvalue weighted by Gasteiger charge is 2.28. The second kappa shape index (κ2) is 8.67. The zero-order chi connectivity index (χ0) is 22.1. The lowest BCUT2D eigenvalue weighted by atomic mass is 10.0. The fourth-order valence-corrected chi connectivity index (χ4v) is 4.70. The SMILES string of the molecule is COc1ccc2c(c1)CCCN2C(=O)CN1CCN(C(=O)c2cc3ccccc3[nH]2)CC1. The molecular formula is C25H28N4O3. The molecule has 2 aromatic carbocycles. The van der Waals surface area contributed by atoms with Gasteiger partial charge in [-0.25, -0.2) is 0 Å². The van der Waals surface area contributed by atoms with E-state index in [0.29, 0.717) is 38.4 Å². The monoisotopic (exact) mass is 432 g/mol. The first-order chi connectivity index (χ1) is 15.6. The number of para-hydroxylation sites is 1. The number of benzene rings is 2. The van der Waals surface area contributed by atoms with E-state index < -0.39 is 0 Å². The van der Waals surface area contributed by atoms with Crippen molar-refractivity contribution < 1.29 is 14.3 Å². The van der Waals surface area contributed by atoms with E-state index in [-0.39, 0.29) is 11.8 Å². The molecule has 3 aromatic rings. The van der Waals surface area contributed by atoms with E-state index in [2.05, 4.69) is 9.88 Å². The molecular weight excluding hydrogens is 404 g/mol. The van der Waals surface area contributed by atoms with Crippen LogP contribution in [-0.2, 0) is 11.2 Å². The van der Waals surface area contributed by atoms with E-state index in [9.17, 15) is 9.59 Å². The van der Waals surface area contributed by atoms with E-state index in [1.165, 1.54) is 0 Å². The Bertz CT molecular complexity index is 1110. The number of aromatic nitrogens is 1. The Morgan fingerprint density at radius 2 is 1.81 bits per heavy atom. The third kappa shape index (κ3) is 3.96. The molecule has 32 heavy (non-hydrogen) atoms. The summed E-state index contributed by atoms with van der Waals surface area (Å²) in [5.74, 6) is 0.964. The van der Waals surface area contributed by atoms with Crippen molar-refractivity contribution in [2.75, 3.05) is 51.3 Å². The summed E-state index contributed by atoms with van der Waals surface area (Å²) in [7, 11) is 1.66. The summed E-state index contributed by atoms with van der Waals surface area (Å²) in [5, 5.41) is 1.04. The van der Waals surface area contributed by atoms with Gasteiger partial charge in [0.05, 0.1) is 13.7 Å². The number of nitrogens with zero attached hydrogens (tertiary/aromatic N) is 3. The van der Waals surface area contributed by atoms with E-state index >= 15 is 0 Å². The van der Waals surface area contributed by atoms with Gasteiger partial charge in [-0.1, -0.05) is 18.2 Å². The standard InChI is InChI=1S/C25H28N4O3/c1-32-20-8-9-23-19(15-20)6-4-10-29(23)24(30)17-27-11-13-28(14-12-27)25(31)22-16-18-5-2-3-7-21(18)26-22/h2-3,5,7-9,15-16,26H,4,6,10-14,17H2,1H3. The summed E-state index contributed by atoms with van der Waals surface area (Å²) >= 11 is 0. The van der Waals surface area contributed by atoms with Crippen LogP contribution in [0.3, 0.4) is 0 Å². The van der Waals surface area contributed by atoms with Crippen LogP contribution in [0.5, 0.6) is 5.75 Å². The van der Waals surface area contributed by atoms with E-state index in [4.69, 9.17) is 4.74 Å². The third-order valence-electron chi connectivity index (χ3n) is 6.49. The van der Waals surface area contributed by atoms with Crippen molar-refractivity contribution in [1.82, 2.24) is 14.8 Å². The topological polar surface area (TPSA) is 68.9 Å². The molecule has 2 aliphatic rings. The number of ether oxygens (including phenoxy) is 1. The predicted octanol–water partition coefficient (Wildman–Crippen LogP) is 2.91. The summed E-state index contributed by atoms with van der Waals surface area (Å²) < 4.78 is 5.33. The van der Waals surface area contributed by atoms with E-state index in [1.807, 2.05) is 58.3 Å². The molecule has 1 fully saturated rings. The number of carbonyl (C=O) groups is 2. The Labute approximate surface area is 187 Å². The molecule has 1 N–H and O–H groups in total. The summed E-state index contributed by atoms with van der Waals surface area (Å²) in [4.78, 5) is 35.2. The molecule has 0 aliphatic carbocycles. The van der Waals surface area contributed by atoms with Crippen LogP contribution in [0.15, 0.2) is 48.5 Å². The van der Waals surface area contributed by atoms with Crippen molar-refractivity contribution in [1.29, 1.82) is 0 Å². The maximum atomic E-state index is 13.1. The minimum Gasteiger partial charge on any atom is -0.497 e. The molecule has 7 nitrogen and oxygen atoms in total. The number of H-pyrrole nitrogens is 1. The van der Waals surface area contributed by atoms with E-state index in [1.54, 1.807) is 7.11 Å². The maximum Gasteiger partial charge on any atom is 0.270 e. The van der Waals surface area contributed by atoms with Gasteiger partial charge in [-0.15, -0.1) is 0 Å². The molecule has 2 aliphatic heterocycles. The normalized spacial score (nSPS) is 16.8. The highest BCUT2D eigenvalue weighted by Crippen LogP contribution is 2.30. The Balaban J connectivity index is 1.19. The van der Waals surface area contributed by atoms with Crippen LogP contribution in [0, 0.1) is 0 Å². The molecule has 0 spiro atoms. The van der Waals surface area contributed by atoms with Gasteiger partial charge in [0.25, 0.3) is 5.91 Å². The predicted molar refractivity (Wildman–Crippen MR) is 124 cm³/mol. The minimum absolute atomic E-state index is 0.0195. The second-order valence-corrected chi connectivity index (χ2v) is 8.48. The summed E-state index contributed by atoms with van der Waals surface area (Å²) in [6.45, 7) is 3.75. The summed E-state index contributed by atoms with van der Waals surface area (Å²) in [6, 6.07) is 15.8. The van der Waals surface area contributed by atoms with Gasteiger partial charge in [-0.05, 0) is 48.7 Å². The number of anilines is 1. The number of hydrogen-bond acceptors (Lipinski definition) is 4. The zero-order valence-corrected chi connectivity index (χ0v) is 18.3. The van der Waals surface area contributed by atoms with Crippen LogP contribution in [0.2, 0.25) is 0 Å². The number of carbonyl (C=O) groups excluding carboxylic acids is 2. The lowest BCUT2D eigenvalue weighted by Gasteiger charge is -2.36. The molecule has 0 atom stereocenters. The molecule has 2 amide bonds. The van der Waals surface area contributed by atoms with Gasteiger partial charge >= 0.3 is 0 Å². The first-order valence-corrected chi connectivity index (χ1v) is 11.2. The van der Waals surface area contributed by atoms with Crippen molar-refractivity contribution in [3.8, 4) is 5.75 Å². The van der Waals surface area contributed by atoms with Gasteiger partial charge in [-0.2, -0.15) is 0 Å². The van der Waals surface area contributed by atoms with Gasteiger partial charge < -0.3 is 19.5 Å². The largest absolute Gasteiger partial charge is 0.497 e. The van der Waals surface area contributed by atoms with Crippen LogP contribution in [0.25, 0.3) is 10.9 Å². The fourth-order valence-electron chi connectivity index (χ4n) is 4.70. The van der Waals surface area contributed by atoms with Crippen molar-refractivity contribution in [3.63, 3.8) is 0 Å². The molecule has 1 saturated heterocycles. The zero-order valence-electron chi connectivity index (χ0n) is 18.3. The lowest BCUT2D eigenvalue weighted by molar-refractivity contribution is -0.120. The van der Waals surface area contributed by atoms with Gasteiger partial charge in [0.15, 0.2) is 0 Å². The minimum atomic E-state index is 0.0195. The molecule has 1 aromatic heterocycles. The number of fused-ring (bicyclic) bond motifs is 2. The molecule has 3 heterocycles. The van der Waals surface area contributed by atoms with Crippen LogP contribution < -0.4 is 9.64 Å². The average molecular weight is 433 g/mol. The number of nitrogens with one attached hydrogen (secondary N) is 1. The van der Waals surface area contributed by atoms with Gasteiger partial charge in [0.2, 0.25) is 5.91 Å². The molecule has 166 valence electrons. The average Bonchev–Trinajstić information content (AvgIpc) is 3.27. The highest BCUT2D eigenvalue weighted by molar-refractivity contribution is 5.98. The molecule has 0 bridgehead atoms. The highest BCUT2D eigenvalue weighted by atomic mass is 16.5. The number of aryl methyl sites for hydroxylation is 1. The number of methoxy groups -OCH3 is 1. The fraction of sp³-hybridized carbons (Fsp3) is 0.360. The number of rotatable bonds is 4. The smallest absolute Gasteiger partial charge is 0.270 e. The lowest BCUT2D eigenvalue weighted by Crippen LogP contribution is -2.52. The van der Waals surface area contributed by atoms with Crippen molar-refractivity contribution in [3.05, 3.63) is 59.8 Å². The van der Waals surface area contributed by atoms with Crippen LogP contribution >= 0.6 is 0 Å². The number of piperazine rings is 1. The number of aromatic amines is 1. The number of hydrogen-bond donors (Lipinski definition) is 1. The summed E-state index contributed by atoms with van der Waals surface area (Å²) in [6.07, 6.45) is 1.92. The first kappa shape index (κ1) is 20.6. The molecule has 0 saturated carbocycles. The Morgan fingerprint density at radius 3 is 2.59 bits per heavy atom. The second-order valence-electron chi connectivity index (χ2n) is 8.48. The van der Waals surface area contributed by atoms with Crippen LogP contribution in [0.4, 0.5) is 5.69 Å². The Kier molecular flexibility index (Phi) is 5.57. The third-order valence-corrected chi connectivity index (χ3v) is 6.49. The van der Waals surface area contributed by atoms with Crippen molar-refractivity contribution in [2.45, 2.75) is 12.8 Å². The van der Waals surface area contributed by atoms with Crippen molar-refractivity contribution >= 4 is 28.4 Å². The number of amides is 2. The quantitative estimate of drug-likeness (QED) is 0.688. The van der Waals surface area contributed by atoms with Crippen LogP contribution in [-0.4, -0.2) is 73.0 Å². The van der Waals surface area contributed by atoms with Gasteiger partial charge in [0, 0.05) is 49.3 Å². The molecule has 0 radical (unpaired) electrons. The summed E-state index contributed by atoms with van der Waals surface area (Å²) in [5.41, 5.74) is 3.75. The maximum absolute atomic E-state index is 13.1. The molecule has 7 heteroatoms. The Hall–Kier alpha value is -3.32. The van der Waals surface area contributed by atoms with Crippen molar-refractivity contribution in [2.24, 2.45) is 0 Å². The molecule has 5 rings (SSSR count). The van der Waals surface area contributed by atoms with Gasteiger partial charge in [0.1, 0.15) is 11.4 Å². The molecule has 0 unspecified atom stereocenters. The Morgan fingerprint density at radius 1 is 1.00 bits per heavy atom. The van der Waals surface area contributed by atoms with Crippen LogP contribution in [0.1, 0.15) is 22.5 Å². The van der Waals surface area contributed by atoms with Gasteiger partial charge in [-0.3, -0.25) is 14.5 Å².